The number of fused-ring (bicyclic) bond motifs is 1. The van der Waals surface area contributed by atoms with Crippen LogP contribution in [0.3, 0.4) is 0 Å². The highest BCUT2D eigenvalue weighted by atomic mass is 16.6. The number of aromatic nitrogens is 3. The average molecular weight is 437 g/mol. The van der Waals surface area contributed by atoms with Gasteiger partial charge in [0.15, 0.2) is 0 Å². The Hall–Kier alpha value is -3.62. The molecule has 1 aliphatic rings. The van der Waals surface area contributed by atoms with Crippen molar-refractivity contribution in [3.8, 4) is 11.3 Å². The molecular formula is C23H28N6O3. The fraction of sp³-hybridized carbons (Fsp3) is 0.391. The third kappa shape index (κ3) is 4.66. The van der Waals surface area contributed by atoms with Gasteiger partial charge in [-0.25, -0.2) is 9.78 Å². The summed E-state index contributed by atoms with van der Waals surface area (Å²) in [6.45, 7) is 5.54. The molecule has 0 unspecified atom stereocenters. The van der Waals surface area contributed by atoms with Gasteiger partial charge in [-0.1, -0.05) is 0 Å². The Balaban J connectivity index is 1.53. The number of nitrogens with one attached hydrogen (secondary N) is 4. The molecule has 3 heterocycles. The van der Waals surface area contributed by atoms with Gasteiger partial charge in [0.25, 0.3) is 5.91 Å². The zero-order valence-corrected chi connectivity index (χ0v) is 18.7. The number of hydrogen-bond donors (Lipinski definition) is 4. The first-order valence-corrected chi connectivity index (χ1v) is 10.6. The molecule has 1 aliphatic carbocycles. The zero-order valence-electron chi connectivity index (χ0n) is 18.7. The van der Waals surface area contributed by atoms with Crippen molar-refractivity contribution in [1.82, 2.24) is 25.6 Å². The smallest absolute Gasteiger partial charge is 0.407 e. The van der Waals surface area contributed by atoms with Crippen LogP contribution >= 0.6 is 0 Å². The molecule has 2 amide bonds. The van der Waals surface area contributed by atoms with Gasteiger partial charge in [-0.3, -0.25) is 9.78 Å². The second-order valence-corrected chi connectivity index (χ2v) is 8.95. The number of carbonyl (C=O) groups excluding carboxylic acids is 2. The Bertz CT molecular complexity index is 1140. The van der Waals surface area contributed by atoms with E-state index in [9.17, 15) is 9.59 Å². The van der Waals surface area contributed by atoms with Crippen LogP contribution in [0.5, 0.6) is 0 Å². The van der Waals surface area contributed by atoms with E-state index in [-0.39, 0.29) is 18.0 Å². The van der Waals surface area contributed by atoms with E-state index in [0.29, 0.717) is 11.3 Å². The number of aromatic amines is 1. The molecule has 0 saturated heterocycles. The molecule has 32 heavy (non-hydrogen) atoms. The van der Waals surface area contributed by atoms with Gasteiger partial charge in [0.1, 0.15) is 11.2 Å². The second kappa shape index (κ2) is 8.49. The Morgan fingerprint density at radius 3 is 2.66 bits per heavy atom. The number of alkyl carbamates (subject to hydrolysis) is 1. The van der Waals surface area contributed by atoms with E-state index in [2.05, 4.69) is 30.9 Å². The molecule has 0 radical (unpaired) electrons. The Morgan fingerprint density at radius 1 is 1.16 bits per heavy atom. The molecule has 1 saturated carbocycles. The van der Waals surface area contributed by atoms with Crippen molar-refractivity contribution in [3.63, 3.8) is 0 Å². The largest absolute Gasteiger partial charge is 0.444 e. The molecule has 3 aromatic heterocycles. The third-order valence-electron chi connectivity index (χ3n) is 5.32. The number of amides is 2. The molecule has 0 spiro atoms. The highest BCUT2D eigenvalue weighted by Crippen LogP contribution is 2.35. The standard InChI is InChI=1S/C23H28N6O3/c1-23(2,3)32-22(31)29-15-10-14(11-15)28-19-16-6-8-26-20(16)27-12-17(19)18-9-13(5-7-25-18)21(30)24-4/h5-9,12,14-15H,10-11H2,1-4H3,(H,24,30)(H,29,31)(H2,26,27,28). The first-order valence-electron chi connectivity index (χ1n) is 10.6. The van der Waals surface area contributed by atoms with Crippen molar-refractivity contribution in [1.29, 1.82) is 0 Å². The summed E-state index contributed by atoms with van der Waals surface area (Å²) in [5.41, 5.74) is 3.15. The first kappa shape index (κ1) is 21.6. The van der Waals surface area contributed by atoms with Gasteiger partial charge in [0, 0.05) is 54.2 Å². The van der Waals surface area contributed by atoms with Gasteiger partial charge in [-0.15, -0.1) is 0 Å². The average Bonchev–Trinajstić information content (AvgIpc) is 3.19. The van der Waals surface area contributed by atoms with E-state index in [1.165, 1.54) is 0 Å². The van der Waals surface area contributed by atoms with Gasteiger partial charge < -0.3 is 25.7 Å². The van der Waals surface area contributed by atoms with E-state index in [4.69, 9.17) is 4.74 Å². The van der Waals surface area contributed by atoms with Crippen molar-refractivity contribution in [2.75, 3.05) is 12.4 Å². The molecule has 9 nitrogen and oxygen atoms in total. The number of hydrogen-bond acceptors (Lipinski definition) is 6. The minimum Gasteiger partial charge on any atom is -0.444 e. The highest BCUT2D eigenvalue weighted by Gasteiger charge is 2.32. The Morgan fingerprint density at radius 2 is 1.94 bits per heavy atom. The van der Waals surface area contributed by atoms with Crippen molar-refractivity contribution < 1.29 is 14.3 Å². The highest BCUT2D eigenvalue weighted by molar-refractivity contribution is 5.99. The number of carbonyl (C=O) groups is 2. The number of H-pyrrole nitrogens is 1. The molecule has 0 aliphatic heterocycles. The van der Waals surface area contributed by atoms with Gasteiger partial charge in [-0.05, 0) is 51.8 Å². The van der Waals surface area contributed by atoms with Crippen LogP contribution in [0.1, 0.15) is 44.0 Å². The lowest BCUT2D eigenvalue weighted by molar-refractivity contribution is 0.0475. The van der Waals surface area contributed by atoms with Crippen molar-refractivity contribution in [2.45, 2.75) is 51.3 Å². The van der Waals surface area contributed by atoms with Crippen LogP contribution < -0.4 is 16.0 Å². The van der Waals surface area contributed by atoms with Crippen molar-refractivity contribution >= 4 is 28.7 Å². The number of nitrogens with zero attached hydrogens (tertiary/aromatic N) is 2. The van der Waals surface area contributed by atoms with Gasteiger partial charge in [-0.2, -0.15) is 0 Å². The summed E-state index contributed by atoms with van der Waals surface area (Å²) in [6.07, 6.45) is 6.38. The maximum atomic E-state index is 12.1. The van der Waals surface area contributed by atoms with Gasteiger partial charge in [0.2, 0.25) is 0 Å². The Labute approximate surface area is 186 Å². The van der Waals surface area contributed by atoms with Crippen LogP contribution in [0.2, 0.25) is 0 Å². The van der Waals surface area contributed by atoms with E-state index in [0.717, 1.165) is 35.1 Å². The van der Waals surface area contributed by atoms with Crippen molar-refractivity contribution in [2.24, 2.45) is 0 Å². The lowest BCUT2D eigenvalue weighted by Crippen LogP contribution is -2.50. The molecule has 0 aromatic carbocycles. The van der Waals surface area contributed by atoms with Crippen LogP contribution in [0.4, 0.5) is 10.5 Å². The van der Waals surface area contributed by atoms with Crippen LogP contribution in [-0.2, 0) is 4.74 Å². The number of pyridine rings is 2. The monoisotopic (exact) mass is 436 g/mol. The van der Waals surface area contributed by atoms with E-state index in [1.54, 1.807) is 31.6 Å². The predicted octanol–water partition coefficient (Wildman–Crippen LogP) is 3.45. The summed E-state index contributed by atoms with van der Waals surface area (Å²) in [5.74, 6) is -0.172. The summed E-state index contributed by atoms with van der Waals surface area (Å²) in [5, 5.41) is 10.1. The molecule has 0 bridgehead atoms. The van der Waals surface area contributed by atoms with Gasteiger partial charge in [0.05, 0.1) is 11.4 Å². The molecule has 9 heteroatoms. The summed E-state index contributed by atoms with van der Waals surface area (Å²) < 4.78 is 5.34. The van der Waals surface area contributed by atoms with Crippen LogP contribution in [0.25, 0.3) is 22.3 Å². The number of rotatable bonds is 5. The van der Waals surface area contributed by atoms with E-state index >= 15 is 0 Å². The van der Waals surface area contributed by atoms with E-state index in [1.807, 2.05) is 33.0 Å². The minimum atomic E-state index is -0.520. The molecule has 0 atom stereocenters. The molecule has 1 fully saturated rings. The maximum absolute atomic E-state index is 12.1. The Kier molecular flexibility index (Phi) is 5.73. The lowest BCUT2D eigenvalue weighted by atomic mass is 9.86. The minimum absolute atomic E-state index is 0.0593. The van der Waals surface area contributed by atoms with Gasteiger partial charge >= 0.3 is 6.09 Å². The maximum Gasteiger partial charge on any atom is 0.407 e. The van der Waals surface area contributed by atoms with Crippen LogP contribution in [0.15, 0.2) is 36.8 Å². The number of ether oxygens (including phenoxy) is 1. The van der Waals surface area contributed by atoms with Crippen molar-refractivity contribution in [3.05, 3.63) is 42.4 Å². The zero-order chi connectivity index (χ0) is 22.9. The lowest BCUT2D eigenvalue weighted by Gasteiger charge is -2.37. The summed E-state index contributed by atoms with van der Waals surface area (Å²) in [7, 11) is 1.60. The molecule has 4 N–H and O–H groups in total. The fourth-order valence-electron chi connectivity index (χ4n) is 3.75. The molecular weight excluding hydrogens is 408 g/mol. The SMILES string of the molecule is CNC(=O)c1ccnc(-c2cnc3[nH]ccc3c2NC2CC(NC(=O)OC(C)(C)C)C2)c1. The number of anilines is 1. The summed E-state index contributed by atoms with van der Waals surface area (Å²) >= 11 is 0. The van der Waals surface area contributed by atoms with Crippen LogP contribution in [-0.4, -0.2) is 51.7 Å². The topological polar surface area (TPSA) is 121 Å². The molecule has 4 rings (SSSR count). The second-order valence-electron chi connectivity index (χ2n) is 8.95. The summed E-state index contributed by atoms with van der Waals surface area (Å²) in [6, 6.07) is 5.63. The summed E-state index contributed by atoms with van der Waals surface area (Å²) in [4.78, 5) is 36.2. The first-order chi connectivity index (χ1) is 15.2. The quantitative estimate of drug-likeness (QED) is 0.486. The normalized spacial score (nSPS) is 18.0. The van der Waals surface area contributed by atoms with Crippen LogP contribution in [0, 0.1) is 0 Å². The van der Waals surface area contributed by atoms with E-state index < -0.39 is 11.7 Å². The third-order valence-corrected chi connectivity index (χ3v) is 5.32. The predicted molar refractivity (Wildman–Crippen MR) is 123 cm³/mol. The molecule has 3 aromatic rings. The molecule has 168 valence electrons. The fourth-order valence-corrected chi connectivity index (χ4v) is 3.75.